The summed E-state index contributed by atoms with van der Waals surface area (Å²) in [6.07, 6.45) is 1.34. The lowest BCUT2D eigenvalue weighted by Gasteiger charge is -2.08. The maximum atomic E-state index is 8.81. The summed E-state index contributed by atoms with van der Waals surface area (Å²) < 4.78 is 0. The summed E-state index contributed by atoms with van der Waals surface area (Å²) in [6.45, 7) is 4.89. The largest absolute Gasteiger partial charge is 0.369 e. The van der Waals surface area contributed by atoms with E-state index in [1.54, 1.807) is 0 Å². The smallest absolute Gasteiger partial charge is 0.152 e. The lowest BCUT2D eigenvalue weighted by Crippen LogP contribution is -2.10. The topological polar surface area (TPSA) is 61.6 Å². The standard InChI is InChI=1S/C9H11ClN4/c1-6(2)4-12-9-7(3-11)8(10)13-5-14-9/h5-6H,4H2,1-2H3,(H,12,13,14). The van der Waals surface area contributed by atoms with E-state index >= 15 is 0 Å². The number of anilines is 1. The first-order valence-corrected chi connectivity index (χ1v) is 4.67. The van der Waals surface area contributed by atoms with Gasteiger partial charge in [0, 0.05) is 6.54 Å². The van der Waals surface area contributed by atoms with E-state index in [9.17, 15) is 0 Å². The highest BCUT2D eigenvalue weighted by atomic mass is 35.5. The number of nitrogens with one attached hydrogen (secondary N) is 1. The molecule has 0 atom stereocenters. The van der Waals surface area contributed by atoms with Gasteiger partial charge in [0.25, 0.3) is 0 Å². The summed E-state index contributed by atoms with van der Waals surface area (Å²) in [4.78, 5) is 7.68. The summed E-state index contributed by atoms with van der Waals surface area (Å²) in [5.74, 6) is 0.983. The first-order chi connectivity index (χ1) is 6.65. The Hall–Kier alpha value is -1.34. The molecular weight excluding hydrogens is 200 g/mol. The highest BCUT2D eigenvalue weighted by Gasteiger charge is 2.08. The van der Waals surface area contributed by atoms with Gasteiger partial charge in [-0.1, -0.05) is 25.4 Å². The minimum Gasteiger partial charge on any atom is -0.369 e. The van der Waals surface area contributed by atoms with Gasteiger partial charge in [-0.3, -0.25) is 0 Å². The average Bonchev–Trinajstić information content (AvgIpc) is 2.14. The van der Waals surface area contributed by atoms with Crippen molar-refractivity contribution in [2.45, 2.75) is 13.8 Å². The van der Waals surface area contributed by atoms with Crippen molar-refractivity contribution in [3.05, 3.63) is 17.0 Å². The molecule has 14 heavy (non-hydrogen) atoms. The maximum Gasteiger partial charge on any atom is 0.152 e. The molecule has 0 amide bonds. The van der Waals surface area contributed by atoms with E-state index in [2.05, 4.69) is 29.1 Å². The molecular formula is C9H11ClN4. The molecule has 4 nitrogen and oxygen atoms in total. The Morgan fingerprint density at radius 2 is 2.29 bits per heavy atom. The zero-order valence-electron chi connectivity index (χ0n) is 8.08. The van der Waals surface area contributed by atoms with Gasteiger partial charge in [-0.05, 0) is 5.92 Å². The maximum absolute atomic E-state index is 8.81. The van der Waals surface area contributed by atoms with Crippen molar-refractivity contribution in [2.24, 2.45) is 5.92 Å². The molecule has 0 aromatic carbocycles. The van der Waals surface area contributed by atoms with Crippen LogP contribution in [0.1, 0.15) is 19.4 Å². The zero-order valence-corrected chi connectivity index (χ0v) is 8.84. The van der Waals surface area contributed by atoms with E-state index in [0.29, 0.717) is 17.3 Å². The number of rotatable bonds is 3. The molecule has 0 fully saturated rings. The minimum absolute atomic E-state index is 0.189. The fourth-order valence-electron chi connectivity index (χ4n) is 0.898. The van der Waals surface area contributed by atoms with Crippen molar-refractivity contribution in [3.63, 3.8) is 0 Å². The molecule has 0 spiro atoms. The third-order valence-electron chi connectivity index (χ3n) is 1.59. The van der Waals surface area contributed by atoms with Crippen molar-refractivity contribution >= 4 is 17.4 Å². The third kappa shape index (κ3) is 2.57. The van der Waals surface area contributed by atoms with Gasteiger partial charge < -0.3 is 5.32 Å². The van der Waals surface area contributed by atoms with Gasteiger partial charge in [0.2, 0.25) is 0 Å². The van der Waals surface area contributed by atoms with E-state index in [4.69, 9.17) is 16.9 Å². The first-order valence-electron chi connectivity index (χ1n) is 4.29. The number of nitrogens with zero attached hydrogens (tertiary/aromatic N) is 3. The second-order valence-electron chi connectivity index (χ2n) is 3.27. The van der Waals surface area contributed by atoms with Crippen molar-refractivity contribution in [2.75, 3.05) is 11.9 Å². The Bertz CT molecular complexity index is 356. The van der Waals surface area contributed by atoms with E-state index in [-0.39, 0.29) is 5.15 Å². The van der Waals surface area contributed by atoms with Gasteiger partial charge in [-0.15, -0.1) is 0 Å². The first kappa shape index (κ1) is 10.7. The molecule has 1 aromatic rings. The van der Waals surface area contributed by atoms with Crippen LogP contribution in [-0.2, 0) is 0 Å². The predicted molar refractivity (Wildman–Crippen MR) is 55.1 cm³/mol. The fourth-order valence-corrected chi connectivity index (χ4v) is 1.07. The Kier molecular flexibility index (Phi) is 3.66. The van der Waals surface area contributed by atoms with Crippen LogP contribution < -0.4 is 5.32 Å². The molecule has 0 bridgehead atoms. The van der Waals surface area contributed by atoms with Crippen LogP contribution in [0.5, 0.6) is 0 Å². The van der Waals surface area contributed by atoms with Gasteiger partial charge in [-0.2, -0.15) is 5.26 Å². The molecule has 1 heterocycles. The molecule has 0 saturated carbocycles. The lowest BCUT2D eigenvalue weighted by atomic mass is 10.2. The molecule has 0 unspecified atom stereocenters. The lowest BCUT2D eigenvalue weighted by molar-refractivity contribution is 0.686. The Morgan fingerprint density at radius 1 is 1.57 bits per heavy atom. The molecule has 0 aliphatic rings. The molecule has 0 aliphatic heterocycles. The summed E-state index contributed by atoms with van der Waals surface area (Å²) in [7, 11) is 0. The predicted octanol–water partition coefficient (Wildman–Crippen LogP) is 2.07. The molecule has 0 saturated heterocycles. The molecule has 0 radical (unpaired) electrons. The van der Waals surface area contributed by atoms with Crippen LogP contribution >= 0.6 is 11.6 Å². The highest BCUT2D eigenvalue weighted by Crippen LogP contribution is 2.18. The molecule has 74 valence electrons. The summed E-state index contributed by atoms with van der Waals surface area (Å²) in [5, 5.41) is 12.0. The van der Waals surface area contributed by atoms with Crippen LogP contribution in [0.2, 0.25) is 5.15 Å². The summed E-state index contributed by atoms with van der Waals surface area (Å²) in [5.41, 5.74) is 0.301. The quantitative estimate of drug-likeness (QED) is 0.776. The van der Waals surface area contributed by atoms with Crippen molar-refractivity contribution in [1.29, 1.82) is 5.26 Å². The van der Waals surface area contributed by atoms with Crippen LogP contribution in [0, 0.1) is 17.2 Å². The SMILES string of the molecule is CC(C)CNc1ncnc(Cl)c1C#N. The molecule has 0 aliphatic carbocycles. The number of aromatic nitrogens is 2. The van der Waals surface area contributed by atoms with Crippen LogP contribution in [0.25, 0.3) is 0 Å². The van der Waals surface area contributed by atoms with Crippen LogP contribution in [0.4, 0.5) is 5.82 Å². The van der Waals surface area contributed by atoms with Crippen molar-refractivity contribution in [3.8, 4) is 6.07 Å². The molecule has 1 aromatic heterocycles. The van der Waals surface area contributed by atoms with E-state index in [1.807, 2.05) is 6.07 Å². The average molecular weight is 211 g/mol. The van der Waals surface area contributed by atoms with Gasteiger partial charge in [0.05, 0.1) is 0 Å². The highest BCUT2D eigenvalue weighted by molar-refractivity contribution is 6.30. The van der Waals surface area contributed by atoms with E-state index in [0.717, 1.165) is 6.54 Å². The number of nitriles is 1. The second kappa shape index (κ2) is 4.77. The monoisotopic (exact) mass is 210 g/mol. The third-order valence-corrected chi connectivity index (χ3v) is 1.88. The Labute approximate surface area is 87.9 Å². The van der Waals surface area contributed by atoms with Gasteiger partial charge >= 0.3 is 0 Å². The zero-order chi connectivity index (χ0) is 10.6. The van der Waals surface area contributed by atoms with Gasteiger partial charge in [0.1, 0.15) is 23.8 Å². The fraction of sp³-hybridized carbons (Fsp3) is 0.444. The van der Waals surface area contributed by atoms with Crippen LogP contribution in [0.15, 0.2) is 6.33 Å². The van der Waals surface area contributed by atoms with Gasteiger partial charge in [0.15, 0.2) is 5.15 Å². The minimum atomic E-state index is 0.189. The van der Waals surface area contributed by atoms with Crippen LogP contribution in [0.3, 0.4) is 0 Å². The van der Waals surface area contributed by atoms with E-state index in [1.165, 1.54) is 6.33 Å². The van der Waals surface area contributed by atoms with Crippen molar-refractivity contribution < 1.29 is 0 Å². The van der Waals surface area contributed by atoms with Crippen molar-refractivity contribution in [1.82, 2.24) is 9.97 Å². The normalized spacial score (nSPS) is 9.93. The number of halogens is 1. The van der Waals surface area contributed by atoms with Gasteiger partial charge in [-0.25, -0.2) is 9.97 Å². The number of hydrogen-bond donors (Lipinski definition) is 1. The van der Waals surface area contributed by atoms with E-state index < -0.39 is 0 Å². The van der Waals surface area contributed by atoms with Crippen LogP contribution in [-0.4, -0.2) is 16.5 Å². The Balaban J connectivity index is 2.87. The summed E-state index contributed by atoms with van der Waals surface area (Å²) >= 11 is 5.73. The molecule has 1 N–H and O–H groups in total. The second-order valence-corrected chi connectivity index (χ2v) is 3.63. The Morgan fingerprint density at radius 3 is 2.86 bits per heavy atom. The molecule has 5 heteroatoms. The summed E-state index contributed by atoms with van der Waals surface area (Å²) in [6, 6.07) is 1.97. The molecule has 1 rings (SSSR count). The number of hydrogen-bond acceptors (Lipinski definition) is 4.